The molecule has 1 fully saturated rings. The van der Waals surface area contributed by atoms with Crippen molar-refractivity contribution in [3.63, 3.8) is 0 Å². The molecule has 0 radical (unpaired) electrons. The van der Waals surface area contributed by atoms with Crippen LogP contribution in [0.1, 0.15) is 52.9 Å². The quantitative estimate of drug-likeness (QED) is 0.696. The maximum Gasteiger partial charge on any atom is 0.110 e. The van der Waals surface area contributed by atoms with Crippen molar-refractivity contribution in [1.82, 2.24) is 9.80 Å². The Morgan fingerprint density at radius 1 is 1.00 bits per heavy atom. The second-order valence-corrected chi connectivity index (χ2v) is 4.95. The molecule has 0 amide bonds. The monoisotopic (exact) mass is 244 g/mol. The summed E-state index contributed by atoms with van der Waals surface area (Å²) in [7, 11) is 0. The fourth-order valence-corrected chi connectivity index (χ4v) is 2.60. The lowest BCUT2D eigenvalue weighted by molar-refractivity contribution is -0.158. The summed E-state index contributed by atoms with van der Waals surface area (Å²) in [6, 6.07) is 0. The predicted molar refractivity (Wildman–Crippen MR) is 69.3 cm³/mol. The lowest BCUT2D eigenvalue weighted by atomic mass is 10.1. The van der Waals surface area contributed by atoms with Crippen LogP contribution in [0.4, 0.5) is 0 Å². The first-order valence-corrected chi connectivity index (χ1v) is 6.99. The van der Waals surface area contributed by atoms with Gasteiger partial charge in [0.2, 0.25) is 0 Å². The molecule has 0 bridgehead atoms. The number of hydrogen-bond donors (Lipinski definition) is 2. The lowest BCUT2D eigenvalue weighted by Gasteiger charge is -2.43. The lowest BCUT2D eigenvalue weighted by Crippen LogP contribution is -2.56. The highest BCUT2D eigenvalue weighted by Crippen LogP contribution is 2.19. The molecule has 102 valence electrons. The first kappa shape index (κ1) is 14.9. The number of nitrogens with zero attached hydrogens (tertiary/aromatic N) is 2. The molecule has 0 saturated carbocycles. The fraction of sp³-hybridized carbons (Fsp3) is 1.00. The highest BCUT2D eigenvalue weighted by molar-refractivity contribution is 4.76. The van der Waals surface area contributed by atoms with E-state index in [1.807, 2.05) is 18.7 Å². The topological polar surface area (TPSA) is 46.9 Å². The van der Waals surface area contributed by atoms with Gasteiger partial charge in [-0.3, -0.25) is 4.90 Å². The zero-order valence-corrected chi connectivity index (χ0v) is 11.5. The van der Waals surface area contributed by atoms with Crippen LogP contribution in [0.15, 0.2) is 0 Å². The van der Waals surface area contributed by atoms with Crippen molar-refractivity contribution in [2.75, 3.05) is 13.1 Å². The van der Waals surface area contributed by atoms with E-state index >= 15 is 0 Å². The second-order valence-electron chi connectivity index (χ2n) is 4.95. The minimum Gasteiger partial charge on any atom is -0.378 e. The molecule has 0 aliphatic carbocycles. The zero-order chi connectivity index (χ0) is 12.8. The third kappa shape index (κ3) is 3.91. The molecule has 4 nitrogen and oxygen atoms in total. The van der Waals surface area contributed by atoms with Crippen LogP contribution in [0.5, 0.6) is 0 Å². The van der Waals surface area contributed by atoms with E-state index in [1.165, 1.54) is 19.3 Å². The van der Waals surface area contributed by atoms with E-state index in [0.717, 1.165) is 13.1 Å². The van der Waals surface area contributed by atoms with Crippen LogP contribution in [0.3, 0.4) is 0 Å². The van der Waals surface area contributed by atoms with Crippen molar-refractivity contribution in [1.29, 1.82) is 0 Å². The van der Waals surface area contributed by atoms with Crippen LogP contribution < -0.4 is 0 Å². The van der Waals surface area contributed by atoms with Crippen molar-refractivity contribution in [3.8, 4) is 0 Å². The van der Waals surface area contributed by atoms with E-state index in [4.69, 9.17) is 0 Å². The van der Waals surface area contributed by atoms with E-state index in [-0.39, 0.29) is 6.17 Å². The number of aliphatic hydroxyl groups is 2. The Kier molecular flexibility index (Phi) is 6.41. The highest BCUT2D eigenvalue weighted by Gasteiger charge is 2.30. The maximum absolute atomic E-state index is 10.1. The Balaban J connectivity index is 2.66. The summed E-state index contributed by atoms with van der Waals surface area (Å²) in [6.07, 6.45) is 4.05. The Morgan fingerprint density at radius 3 is 1.88 bits per heavy atom. The van der Waals surface area contributed by atoms with Crippen LogP contribution in [0, 0.1) is 0 Å². The minimum atomic E-state index is -0.554. The largest absolute Gasteiger partial charge is 0.378 e. The van der Waals surface area contributed by atoms with Gasteiger partial charge in [0.1, 0.15) is 12.5 Å². The molecule has 1 aliphatic rings. The van der Waals surface area contributed by atoms with Gasteiger partial charge >= 0.3 is 0 Å². The van der Waals surface area contributed by atoms with Crippen LogP contribution in [-0.4, -0.2) is 51.7 Å². The Labute approximate surface area is 105 Å². The zero-order valence-electron chi connectivity index (χ0n) is 11.5. The van der Waals surface area contributed by atoms with Gasteiger partial charge in [-0.1, -0.05) is 20.3 Å². The average molecular weight is 244 g/mol. The standard InChI is InChI=1S/C13H28N2O2/c1-4-12(16)15(13(17)5-2)11(3)14-9-7-6-8-10-14/h11-13,16-17H,4-10H2,1-3H3. The summed E-state index contributed by atoms with van der Waals surface area (Å²) in [5.74, 6) is 0. The van der Waals surface area contributed by atoms with Crippen LogP contribution in [0.25, 0.3) is 0 Å². The third-order valence-electron chi connectivity index (χ3n) is 3.77. The molecule has 3 atom stereocenters. The first-order chi connectivity index (χ1) is 8.11. The number of likely N-dealkylation sites (tertiary alicyclic amines) is 1. The molecule has 1 saturated heterocycles. The molecular formula is C13H28N2O2. The van der Waals surface area contributed by atoms with Crippen LogP contribution in [0.2, 0.25) is 0 Å². The molecule has 0 aromatic heterocycles. The molecular weight excluding hydrogens is 216 g/mol. The van der Waals surface area contributed by atoms with Crippen molar-refractivity contribution in [3.05, 3.63) is 0 Å². The van der Waals surface area contributed by atoms with Crippen LogP contribution in [-0.2, 0) is 0 Å². The number of rotatable bonds is 6. The van der Waals surface area contributed by atoms with E-state index in [0.29, 0.717) is 12.8 Å². The predicted octanol–water partition coefficient (Wildman–Crippen LogP) is 1.58. The smallest absolute Gasteiger partial charge is 0.110 e. The molecule has 17 heavy (non-hydrogen) atoms. The van der Waals surface area contributed by atoms with E-state index in [9.17, 15) is 10.2 Å². The van der Waals surface area contributed by atoms with Crippen molar-refractivity contribution in [2.45, 2.75) is 71.5 Å². The van der Waals surface area contributed by atoms with E-state index < -0.39 is 12.5 Å². The molecule has 3 unspecified atom stereocenters. The number of piperidine rings is 1. The number of aliphatic hydroxyl groups excluding tert-OH is 2. The Bertz CT molecular complexity index is 198. The van der Waals surface area contributed by atoms with Crippen molar-refractivity contribution >= 4 is 0 Å². The summed E-state index contributed by atoms with van der Waals surface area (Å²) in [5.41, 5.74) is 0. The van der Waals surface area contributed by atoms with Gasteiger partial charge < -0.3 is 10.2 Å². The van der Waals surface area contributed by atoms with Gasteiger partial charge in [0.25, 0.3) is 0 Å². The number of hydrogen-bond acceptors (Lipinski definition) is 4. The van der Waals surface area contributed by atoms with Gasteiger partial charge in [-0.2, -0.15) is 0 Å². The second kappa shape index (κ2) is 7.31. The fourth-order valence-electron chi connectivity index (χ4n) is 2.60. The van der Waals surface area contributed by atoms with E-state index in [2.05, 4.69) is 11.8 Å². The molecule has 1 aliphatic heterocycles. The summed E-state index contributed by atoms with van der Waals surface area (Å²) in [5, 5.41) is 20.1. The van der Waals surface area contributed by atoms with Crippen molar-refractivity contribution < 1.29 is 10.2 Å². The minimum absolute atomic E-state index is 0.111. The Morgan fingerprint density at radius 2 is 1.47 bits per heavy atom. The van der Waals surface area contributed by atoms with Gasteiger partial charge in [-0.25, -0.2) is 4.90 Å². The normalized spacial score (nSPS) is 23.6. The first-order valence-electron chi connectivity index (χ1n) is 6.99. The van der Waals surface area contributed by atoms with Gasteiger partial charge in [0.15, 0.2) is 0 Å². The van der Waals surface area contributed by atoms with E-state index in [1.54, 1.807) is 0 Å². The summed E-state index contributed by atoms with van der Waals surface area (Å²) < 4.78 is 0. The van der Waals surface area contributed by atoms with Gasteiger partial charge in [-0.05, 0) is 45.7 Å². The van der Waals surface area contributed by atoms with Gasteiger partial charge in [0.05, 0.1) is 6.17 Å². The van der Waals surface area contributed by atoms with Crippen molar-refractivity contribution in [2.24, 2.45) is 0 Å². The summed E-state index contributed by atoms with van der Waals surface area (Å²) >= 11 is 0. The molecule has 4 heteroatoms. The molecule has 1 heterocycles. The Hall–Kier alpha value is -0.160. The van der Waals surface area contributed by atoms with Gasteiger partial charge in [0, 0.05) is 0 Å². The molecule has 0 aromatic carbocycles. The average Bonchev–Trinajstić information content (AvgIpc) is 2.39. The summed E-state index contributed by atoms with van der Waals surface area (Å²) in [4.78, 5) is 4.20. The SMILES string of the molecule is CCC(O)N(C(O)CC)C(C)N1CCCCC1. The third-order valence-corrected chi connectivity index (χ3v) is 3.77. The maximum atomic E-state index is 10.1. The van der Waals surface area contributed by atoms with Gasteiger partial charge in [-0.15, -0.1) is 0 Å². The van der Waals surface area contributed by atoms with Crippen LogP contribution >= 0.6 is 0 Å². The molecule has 0 spiro atoms. The molecule has 2 N–H and O–H groups in total. The molecule has 1 rings (SSSR count). The summed E-state index contributed by atoms with van der Waals surface area (Å²) in [6.45, 7) is 8.13. The highest BCUT2D eigenvalue weighted by atomic mass is 16.3. The molecule has 0 aromatic rings.